The van der Waals surface area contributed by atoms with Gasteiger partial charge in [-0.2, -0.15) is 0 Å². The van der Waals surface area contributed by atoms with Crippen LogP contribution in [0.15, 0.2) is 21.5 Å². The number of aliphatic carboxylic acids is 1. The predicted molar refractivity (Wildman–Crippen MR) is 109 cm³/mol. The summed E-state index contributed by atoms with van der Waals surface area (Å²) in [5.41, 5.74) is 0.752. The number of carbonyl (C=O) groups is 2. The van der Waals surface area contributed by atoms with Crippen molar-refractivity contribution in [1.82, 2.24) is 4.90 Å². The molecule has 0 radical (unpaired) electrons. The summed E-state index contributed by atoms with van der Waals surface area (Å²) in [5.74, 6) is -0.0686. The molecule has 0 atom stereocenters. The minimum atomic E-state index is -0.972. The molecule has 1 saturated heterocycles. The highest BCUT2D eigenvalue weighted by atomic mass is 79.9. The van der Waals surface area contributed by atoms with Crippen molar-refractivity contribution in [2.24, 2.45) is 0 Å². The third-order valence-corrected chi connectivity index (χ3v) is 5.31. The van der Waals surface area contributed by atoms with Crippen LogP contribution in [0.2, 0.25) is 0 Å². The fourth-order valence-corrected chi connectivity index (χ4v) is 4.15. The van der Waals surface area contributed by atoms with Crippen LogP contribution in [0.3, 0.4) is 0 Å². The molecule has 1 N–H and O–H groups in total. The van der Waals surface area contributed by atoms with Gasteiger partial charge in [0.2, 0.25) is 0 Å². The second-order valence-electron chi connectivity index (χ2n) is 5.17. The van der Waals surface area contributed by atoms with Crippen molar-refractivity contribution < 1.29 is 24.2 Å². The molecule has 1 aromatic rings. The lowest BCUT2D eigenvalue weighted by molar-refractivity contribution is -0.137. The van der Waals surface area contributed by atoms with E-state index in [-0.39, 0.29) is 18.9 Å². The van der Waals surface area contributed by atoms with Gasteiger partial charge in [-0.15, -0.1) is 0 Å². The molecule has 0 spiro atoms. The van der Waals surface area contributed by atoms with E-state index in [1.807, 2.05) is 19.9 Å². The highest BCUT2D eigenvalue weighted by Gasteiger charge is 2.32. The van der Waals surface area contributed by atoms with E-state index in [9.17, 15) is 9.59 Å². The number of rotatable bonds is 8. The number of carbonyl (C=O) groups excluding carboxylic acids is 1. The number of nitrogens with zero attached hydrogens (tertiary/aromatic N) is 1. The SMILES string of the molecule is CCOc1cc(C=C2SC(=S)N(CCC(=O)O)C2=O)cc(Br)c1OCC. The zero-order chi connectivity index (χ0) is 19.3. The van der Waals surface area contributed by atoms with Gasteiger partial charge in [-0.1, -0.05) is 24.0 Å². The predicted octanol–water partition coefficient (Wildman–Crippen LogP) is 3.92. The fourth-order valence-electron chi connectivity index (χ4n) is 2.27. The lowest BCUT2D eigenvalue weighted by Gasteiger charge is -2.14. The van der Waals surface area contributed by atoms with Gasteiger partial charge in [0.05, 0.1) is 29.0 Å². The molecule has 0 aromatic heterocycles. The molecule has 1 heterocycles. The Hall–Kier alpha value is -1.58. The maximum Gasteiger partial charge on any atom is 0.305 e. The number of hydrogen-bond donors (Lipinski definition) is 1. The summed E-state index contributed by atoms with van der Waals surface area (Å²) in [6.07, 6.45) is 1.56. The molecule has 1 aliphatic heterocycles. The number of halogens is 1. The highest BCUT2D eigenvalue weighted by Crippen LogP contribution is 2.39. The summed E-state index contributed by atoms with van der Waals surface area (Å²) in [5, 5.41) is 8.80. The van der Waals surface area contributed by atoms with E-state index in [1.165, 1.54) is 4.90 Å². The number of carboxylic acids is 1. The van der Waals surface area contributed by atoms with Crippen LogP contribution in [0.25, 0.3) is 6.08 Å². The maximum absolute atomic E-state index is 12.5. The Morgan fingerprint density at radius 3 is 2.65 bits per heavy atom. The smallest absolute Gasteiger partial charge is 0.305 e. The van der Waals surface area contributed by atoms with Crippen LogP contribution >= 0.6 is 39.9 Å². The Kier molecular flexibility index (Phi) is 7.48. The van der Waals surface area contributed by atoms with Gasteiger partial charge < -0.3 is 14.6 Å². The first-order chi connectivity index (χ1) is 12.4. The van der Waals surface area contributed by atoms with E-state index in [2.05, 4.69) is 15.9 Å². The largest absolute Gasteiger partial charge is 0.490 e. The molecule has 9 heteroatoms. The summed E-state index contributed by atoms with van der Waals surface area (Å²) in [6, 6.07) is 3.63. The standard InChI is InChI=1S/C17H18BrNO5S2/c1-3-23-12-8-10(7-11(18)15(12)24-4-2)9-13-16(22)19(17(25)26-13)6-5-14(20)21/h7-9H,3-6H2,1-2H3,(H,20,21). The molecule has 140 valence electrons. The summed E-state index contributed by atoms with van der Waals surface area (Å²) >= 11 is 9.82. The molecule has 1 aliphatic rings. The highest BCUT2D eigenvalue weighted by molar-refractivity contribution is 9.10. The number of amides is 1. The summed E-state index contributed by atoms with van der Waals surface area (Å²) in [7, 11) is 0. The quantitative estimate of drug-likeness (QED) is 0.466. The number of benzene rings is 1. The van der Waals surface area contributed by atoms with Gasteiger partial charge in [0.15, 0.2) is 11.5 Å². The molecule has 6 nitrogen and oxygen atoms in total. The van der Waals surface area contributed by atoms with Crippen LogP contribution < -0.4 is 9.47 Å². The Balaban J connectivity index is 2.30. The Labute approximate surface area is 169 Å². The first kappa shape index (κ1) is 20.7. The average molecular weight is 460 g/mol. The molecular formula is C17H18BrNO5S2. The van der Waals surface area contributed by atoms with Crippen LogP contribution in [0.1, 0.15) is 25.8 Å². The first-order valence-corrected chi connectivity index (χ1v) is 9.95. The third-order valence-electron chi connectivity index (χ3n) is 3.34. The molecule has 0 bridgehead atoms. The van der Waals surface area contributed by atoms with Gasteiger partial charge in [-0.3, -0.25) is 14.5 Å². The van der Waals surface area contributed by atoms with Crippen molar-refractivity contribution in [3.63, 3.8) is 0 Å². The molecule has 0 unspecified atom stereocenters. The van der Waals surface area contributed by atoms with Crippen LogP contribution in [0, 0.1) is 0 Å². The van der Waals surface area contributed by atoms with Gasteiger partial charge in [-0.05, 0) is 53.5 Å². The lowest BCUT2D eigenvalue weighted by atomic mass is 10.2. The molecule has 2 rings (SSSR count). The Bertz CT molecular complexity index is 766. The van der Waals surface area contributed by atoms with Crippen molar-refractivity contribution in [2.45, 2.75) is 20.3 Å². The van der Waals surface area contributed by atoms with E-state index in [0.29, 0.717) is 33.9 Å². The van der Waals surface area contributed by atoms with Gasteiger partial charge >= 0.3 is 5.97 Å². The number of carboxylic acid groups (broad SMARTS) is 1. The number of thioether (sulfide) groups is 1. The van der Waals surface area contributed by atoms with Gasteiger partial charge in [0, 0.05) is 6.54 Å². The zero-order valence-electron chi connectivity index (χ0n) is 14.3. The molecule has 0 saturated carbocycles. The Morgan fingerprint density at radius 1 is 1.35 bits per heavy atom. The van der Waals surface area contributed by atoms with Crippen molar-refractivity contribution in [2.75, 3.05) is 19.8 Å². The summed E-state index contributed by atoms with van der Waals surface area (Å²) in [6.45, 7) is 4.81. The maximum atomic E-state index is 12.5. The number of thiocarbonyl (C=S) groups is 1. The molecule has 1 fully saturated rings. The van der Waals surface area contributed by atoms with Crippen LogP contribution in [0.4, 0.5) is 0 Å². The Morgan fingerprint density at radius 2 is 2.04 bits per heavy atom. The molecular weight excluding hydrogens is 442 g/mol. The first-order valence-electron chi connectivity index (χ1n) is 7.93. The third kappa shape index (κ3) is 4.99. The van der Waals surface area contributed by atoms with Crippen LogP contribution in [-0.2, 0) is 9.59 Å². The molecule has 1 aromatic carbocycles. The van der Waals surface area contributed by atoms with Gasteiger partial charge in [-0.25, -0.2) is 0 Å². The average Bonchev–Trinajstić information content (AvgIpc) is 2.83. The minimum absolute atomic E-state index is 0.0640. The van der Waals surface area contributed by atoms with Crippen molar-refractivity contribution in [3.05, 3.63) is 27.1 Å². The van der Waals surface area contributed by atoms with Crippen molar-refractivity contribution in [3.8, 4) is 11.5 Å². The van der Waals surface area contributed by atoms with E-state index >= 15 is 0 Å². The minimum Gasteiger partial charge on any atom is -0.490 e. The monoisotopic (exact) mass is 459 g/mol. The van der Waals surface area contributed by atoms with E-state index in [0.717, 1.165) is 21.8 Å². The fraction of sp³-hybridized carbons (Fsp3) is 0.353. The normalized spacial score (nSPS) is 15.7. The molecule has 0 aliphatic carbocycles. The van der Waals surface area contributed by atoms with Crippen molar-refractivity contribution >= 4 is 62.2 Å². The topological polar surface area (TPSA) is 76.1 Å². The molecule has 1 amide bonds. The summed E-state index contributed by atoms with van der Waals surface area (Å²) in [4.78, 5) is 25.0. The number of ether oxygens (including phenoxy) is 2. The zero-order valence-corrected chi connectivity index (χ0v) is 17.5. The second kappa shape index (κ2) is 9.38. The van der Waals surface area contributed by atoms with E-state index < -0.39 is 5.97 Å². The van der Waals surface area contributed by atoms with Crippen LogP contribution in [-0.4, -0.2) is 46.0 Å². The lowest BCUT2D eigenvalue weighted by Crippen LogP contribution is -2.30. The number of hydrogen-bond acceptors (Lipinski definition) is 6. The summed E-state index contributed by atoms with van der Waals surface area (Å²) < 4.78 is 12.3. The van der Waals surface area contributed by atoms with Crippen LogP contribution in [0.5, 0.6) is 11.5 Å². The second-order valence-corrected chi connectivity index (χ2v) is 7.70. The molecule has 26 heavy (non-hydrogen) atoms. The van der Waals surface area contributed by atoms with Gasteiger partial charge in [0.25, 0.3) is 5.91 Å². The van der Waals surface area contributed by atoms with E-state index in [1.54, 1.807) is 12.1 Å². The van der Waals surface area contributed by atoms with Gasteiger partial charge in [0.1, 0.15) is 4.32 Å². The van der Waals surface area contributed by atoms with E-state index in [4.69, 9.17) is 26.8 Å². The van der Waals surface area contributed by atoms with Crippen molar-refractivity contribution in [1.29, 1.82) is 0 Å².